The molecule has 2 aromatic rings. The van der Waals surface area contributed by atoms with Crippen LogP contribution in [0.4, 0.5) is 0 Å². The highest BCUT2D eigenvalue weighted by molar-refractivity contribution is 6.30. The van der Waals surface area contributed by atoms with Crippen LogP contribution in [0.1, 0.15) is 38.8 Å². The topological polar surface area (TPSA) is 20.5 Å². The lowest BCUT2D eigenvalue weighted by Gasteiger charge is -2.38. The number of aromatic nitrogens is 2. The molecule has 1 atom stereocenters. The van der Waals surface area contributed by atoms with Gasteiger partial charge in [-0.2, -0.15) is 0 Å². The normalized spacial score (nSPS) is 20.9. The first-order valence-electron chi connectivity index (χ1n) is 7.52. The van der Waals surface area contributed by atoms with Crippen molar-refractivity contribution in [2.45, 2.75) is 51.6 Å². The molecule has 0 amide bonds. The van der Waals surface area contributed by atoms with Crippen molar-refractivity contribution in [3.05, 3.63) is 35.2 Å². The molecule has 0 radical (unpaired) electrons. The van der Waals surface area contributed by atoms with Gasteiger partial charge >= 0.3 is 0 Å². The summed E-state index contributed by atoms with van der Waals surface area (Å²) in [6.45, 7) is 5.81. The number of hydrogen-bond donors (Lipinski definition) is 0. The fourth-order valence-corrected chi connectivity index (χ4v) is 3.43. The van der Waals surface area contributed by atoms with Crippen molar-refractivity contribution in [1.82, 2.24) is 14.3 Å². The van der Waals surface area contributed by atoms with Gasteiger partial charge in [-0.3, -0.25) is 4.90 Å². The highest BCUT2D eigenvalue weighted by Gasteiger charge is 2.25. The maximum Gasteiger partial charge on any atom is 0.138 e. The van der Waals surface area contributed by atoms with Gasteiger partial charge in [0, 0.05) is 35.9 Å². The molecule has 1 aliphatic heterocycles. The zero-order valence-electron chi connectivity index (χ0n) is 12.2. The number of pyridine rings is 1. The third-order valence-corrected chi connectivity index (χ3v) is 4.49. The van der Waals surface area contributed by atoms with Gasteiger partial charge in [0.05, 0.1) is 5.69 Å². The van der Waals surface area contributed by atoms with E-state index < -0.39 is 0 Å². The maximum absolute atomic E-state index is 6.02. The minimum atomic E-state index is 0.617. The summed E-state index contributed by atoms with van der Waals surface area (Å²) in [6.07, 6.45) is 9.11. The zero-order valence-corrected chi connectivity index (χ0v) is 13.0. The second-order valence-corrected chi connectivity index (χ2v) is 6.46. The maximum atomic E-state index is 6.02. The average Bonchev–Trinajstić information content (AvgIpc) is 2.80. The number of nitrogens with zero attached hydrogens (tertiary/aromatic N) is 3. The Morgan fingerprint density at radius 3 is 3.05 bits per heavy atom. The van der Waals surface area contributed by atoms with Crippen LogP contribution in [0.15, 0.2) is 24.5 Å². The molecular formula is C16H22ClN3. The third-order valence-electron chi connectivity index (χ3n) is 4.25. The molecular weight excluding hydrogens is 270 g/mol. The highest BCUT2D eigenvalue weighted by atomic mass is 35.5. The molecule has 1 aliphatic rings. The SMILES string of the molecule is CC(C)N1CCCCC1Cc1cn2ccc(Cl)cc2n1. The van der Waals surface area contributed by atoms with Crippen molar-refractivity contribution in [3.8, 4) is 0 Å². The Morgan fingerprint density at radius 2 is 2.25 bits per heavy atom. The van der Waals surface area contributed by atoms with Crippen molar-refractivity contribution in [2.24, 2.45) is 0 Å². The zero-order chi connectivity index (χ0) is 14.1. The summed E-state index contributed by atoms with van der Waals surface area (Å²) in [4.78, 5) is 7.34. The largest absolute Gasteiger partial charge is 0.307 e. The van der Waals surface area contributed by atoms with E-state index in [4.69, 9.17) is 16.6 Å². The lowest BCUT2D eigenvalue weighted by molar-refractivity contribution is 0.111. The minimum absolute atomic E-state index is 0.617. The Balaban J connectivity index is 1.80. The van der Waals surface area contributed by atoms with Crippen molar-refractivity contribution in [1.29, 1.82) is 0 Å². The van der Waals surface area contributed by atoms with Crippen LogP contribution in [-0.4, -0.2) is 32.9 Å². The number of halogens is 1. The fraction of sp³-hybridized carbons (Fsp3) is 0.562. The van der Waals surface area contributed by atoms with Gasteiger partial charge in [0.25, 0.3) is 0 Å². The van der Waals surface area contributed by atoms with E-state index >= 15 is 0 Å². The molecule has 3 heterocycles. The molecule has 0 bridgehead atoms. The molecule has 1 fully saturated rings. The minimum Gasteiger partial charge on any atom is -0.307 e. The number of fused-ring (bicyclic) bond motifs is 1. The van der Waals surface area contributed by atoms with Crippen LogP contribution in [0.2, 0.25) is 5.02 Å². The average molecular weight is 292 g/mol. The fourth-order valence-electron chi connectivity index (χ4n) is 3.27. The second kappa shape index (κ2) is 5.74. The molecule has 0 saturated carbocycles. The number of piperidine rings is 1. The van der Waals surface area contributed by atoms with Gasteiger partial charge in [-0.05, 0) is 45.4 Å². The Hall–Kier alpha value is -1.06. The van der Waals surface area contributed by atoms with E-state index in [9.17, 15) is 0 Å². The Morgan fingerprint density at radius 1 is 1.40 bits per heavy atom. The van der Waals surface area contributed by atoms with Crippen LogP contribution in [-0.2, 0) is 6.42 Å². The molecule has 2 aromatic heterocycles. The first-order chi connectivity index (χ1) is 9.63. The summed E-state index contributed by atoms with van der Waals surface area (Å²) >= 11 is 6.02. The van der Waals surface area contributed by atoms with Crippen LogP contribution in [0, 0.1) is 0 Å². The Kier molecular flexibility index (Phi) is 3.99. The van der Waals surface area contributed by atoms with Crippen molar-refractivity contribution < 1.29 is 0 Å². The van der Waals surface area contributed by atoms with Crippen molar-refractivity contribution in [3.63, 3.8) is 0 Å². The van der Waals surface area contributed by atoms with Gasteiger partial charge in [-0.1, -0.05) is 18.0 Å². The van der Waals surface area contributed by atoms with E-state index in [1.54, 1.807) is 0 Å². The Bertz CT molecular complexity index is 590. The van der Waals surface area contributed by atoms with Crippen molar-refractivity contribution in [2.75, 3.05) is 6.54 Å². The molecule has 108 valence electrons. The summed E-state index contributed by atoms with van der Waals surface area (Å²) in [6, 6.07) is 5.07. The van der Waals surface area contributed by atoms with Crippen LogP contribution in [0.3, 0.4) is 0 Å². The molecule has 4 heteroatoms. The standard InChI is InChI=1S/C16H22ClN3/c1-12(2)20-7-4-3-5-15(20)10-14-11-19-8-6-13(17)9-16(19)18-14/h6,8-9,11-12,15H,3-5,7,10H2,1-2H3. The van der Waals surface area contributed by atoms with Crippen LogP contribution in [0.25, 0.3) is 5.65 Å². The molecule has 3 rings (SSSR count). The lowest BCUT2D eigenvalue weighted by atomic mass is 9.97. The molecule has 1 unspecified atom stereocenters. The number of hydrogen-bond acceptors (Lipinski definition) is 2. The number of likely N-dealkylation sites (tertiary alicyclic amines) is 1. The first kappa shape index (κ1) is 13.9. The van der Waals surface area contributed by atoms with Crippen LogP contribution in [0.5, 0.6) is 0 Å². The lowest BCUT2D eigenvalue weighted by Crippen LogP contribution is -2.45. The summed E-state index contributed by atoms with van der Waals surface area (Å²) in [5.74, 6) is 0. The summed E-state index contributed by atoms with van der Waals surface area (Å²) < 4.78 is 2.06. The van der Waals surface area contributed by atoms with E-state index in [1.165, 1.54) is 31.5 Å². The third kappa shape index (κ3) is 2.84. The predicted octanol–water partition coefficient (Wildman–Crippen LogP) is 3.79. The molecule has 0 N–H and O–H groups in total. The Labute approximate surface area is 125 Å². The molecule has 0 spiro atoms. The van der Waals surface area contributed by atoms with Gasteiger partial charge in [0.2, 0.25) is 0 Å². The summed E-state index contributed by atoms with van der Waals surface area (Å²) in [7, 11) is 0. The first-order valence-corrected chi connectivity index (χ1v) is 7.90. The van der Waals surface area contributed by atoms with E-state index in [0.717, 1.165) is 17.1 Å². The molecule has 1 saturated heterocycles. The molecule has 0 aliphatic carbocycles. The second-order valence-electron chi connectivity index (χ2n) is 6.03. The smallest absolute Gasteiger partial charge is 0.138 e. The van der Waals surface area contributed by atoms with E-state index in [0.29, 0.717) is 12.1 Å². The van der Waals surface area contributed by atoms with Gasteiger partial charge in [0.15, 0.2) is 0 Å². The molecule has 3 nitrogen and oxygen atoms in total. The summed E-state index contributed by atoms with van der Waals surface area (Å²) in [5, 5.41) is 0.746. The van der Waals surface area contributed by atoms with Crippen LogP contribution < -0.4 is 0 Å². The van der Waals surface area contributed by atoms with E-state index in [2.05, 4.69) is 29.3 Å². The van der Waals surface area contributed by atoms with Gasteiger partial charge in [-0.25, -0.2) is 4.98 Å². The highest BCUT2D eigenvalue weighted by Crippen LogP contribution is 2.23. The van der Waals surface area contributed by atoms with Gasteiger partial charge in [-0.15, -0.1) is 0 Å². The predicted molar refractivity (Wildman–Crippen MR) is 83.4 cm³/mol. The van der Waals surface area contributed by atoms with E-state index in [1.807, 2.05) is 18.3 Å². The number of rotatable bonds is 3. The number of imidazole rings is 1. The quantitative estimate of drug-likeness (QED) is 0.857. The van der Waals surface area contributed by atoms with Gasteiger partial charge < -0.3 is 4.40 Å². The van der Waals surface area contributed by atoms with Crippen LogP contribution >= 0.6 is 11.6 Å². The molecule has 0 aromatic carbocycles. The van der Waals surface area contributed by atoms with E-state index in [-0.39, 0.29) is 0 Å². The van der Waals surface area contributed by atoms with Crippen molar-refractivity contribution >= 4 is 17.2 Å². The monoisotopic (exact) mass is 291 g/mol. The molecule has 20 heavy (non-hydrogen) atoms. The van der Waals surface area contributed by atoms with Gasteiger partial charge in [0.1, 0.15) is 5.65 Å². The summed E-state index contributed by atoms with van der Waals surface area (Å²) in [5.41, 5.74) is 2.12.